The molecule has 0 bridgehead atoms. The maximum Gasteiger partial charge on any atom is 0.238 e. The van der Waals surface area contributed by atoms with Gasteiger partial charge in [-0.2, -0.15) is 0 Å². The molecule has 0 saturated heterocycles. The Morgan fingerprint density at radius 1 is 0.964 bits per heavy atom. The zero-order valence-corrected chi connectivity index (χ0v) is 16.5. The number of hydrogen-bond acceptors (Lipinski definition) is 7. The zero-order chi connectivity index (χ0) is 20.1. The SMILES string of the molecule is Cc1nnc(C(CC(C)C)NC(=O)CC(c2ccccc2)c2nnc(C)o2)o1. The molecule has 1 aromatic carbocycles. The first-order chi connectivity index (χ1) is 13.4. The van der Waals surface area contributed by atoms with Crippen LogP contribution in [-0.4, -0.2) is 26.3 Å². The summed E-state index contributed by atoms with van der Waals surface area (Å²) in [6.45, 7) is 7.62. The molecule has 2 unspecified atom stereocenters. The molecule has 28 heavy (non-hydrogen) atoms. The fourth-order valence-electron chi connectivity index (χ4n) is 3.07. The van der Waals surface area contributed by atoms with Gasteiger partial charge in [0.2, 0.25) is 29.5 Å². The molecule has 0 radical (unpaired) electrons. The molecule has 148 valence electrons. The molecule has 3 aromatic rings. The van der Waals surface area contributed by atoms with E-state index < -0.39 is 0 Å². The van der Waals surface area contributed by atoms with Gasteiger partial charge in [0.05, 0.1) is 5.92 Å². The molecular weight excluding hydrogens is 358 g/mol. The number of benzene rings is 1. The van der Waals surface area contributed by atoms with E-state index >= 15 is 0 Å². The van der Waals surface area contributed by atoms with Crippen LogP contribution in [0.3, 0.4) is 0 Å². The lowest BCUT2D eigenvalue weighted by Crippen LogP contribution is -2.31. The van der Waals surface area contributed by atoms with Gasteiger partial charge >= 0.3 is 0 Å². The highest BCUT2D eigenvalue weighted by Gasteiger charge is 2.27. The summed E-state index contributed by atoms with van der Waals surface area (Å²) in [5.74, 6) is 1.66. The summed E-state index contributed by atoms with van der Waals surface area (Å²) in [6.07, 6.45) is 0.871. The summed E-state index contributed by atoms with van der Waals surface area (Å²) in [5.41, 5.74) is 0.940. The molecule has 2 atom stereocenters. The minimum Gasteiger partial charge on any atom is -0.425 e. The first kappa shape index (κ1) is 19.7. The van der Waals surface area contributed by atoms with Crippen molar-refractivity contribution in [3.8, 4) is 0 Å². The van der Waals surface area contributed by atoms with Crippen LogP contribution in [0.2, 0.25) is 0 Å². The van der Waals surface area contributed by atoms with Gasteiger partial charge in [0.25, 0.3) is 0 Å². The topological polar surface area (TPSA) is 107 Å². The van der Waals surface area contributed by atoms with Gasteiger partial charge in [0.1, 0.15) is 6.04 Å². The Morgan fingerprint density at radius 2 is 1.57 bits per heavy atom. The van der Waals surface area contributed by atoms with Gasteiger partial charge < -0.3 is 14.2 Å². The third-order valence-corrected chi connectivity index (χ3v) is 4.31. The average Bonchev–Trinajstić information content (AvgIpc) is 3.28. The molecule has 1 amide bonds. The second-order valence-corrected chi connectivity index (χ2v) is 7.24. The second kappa shape index (κ2) is 8.77. The van der Waals surface area contributed by atoms with Crippen LogP contribution in [0.1, 0.15) is 67.8 Å². The number of nitrogens with zero attached hydrogens (tertiary/aromatic N) is 4. The van der Waals surface area contributed by atoms with Gasteiger partial charge in [-0.1, -0.05) is 44.2 Å². The molecule has 2 heterocycles. The van der Waals surface area contributed by atoms with Gasteiger partial charge in [-0.05, 0) is 17.9 Å². The number of carbonyl (C=O) groups excluding carboxylic acids is 1. The number of rotatable bonds is 8. The minimum absolute atomic E-state index is 0.147. The lowest BCUT2D eigenvalue weighted by Gasteiger charge is -2.19. The smallest absolute Gasteiger partial charge is 0.238 e. The fraction of sp³-hybridized carbons (Fsp3) is 0.450. The van der Waals surface area contributed by atoms with Crippen LogP contribution in [0.4, 0.5) is 0 Å². The highest BCUT2D eigenvalue weighted by molar-refractivity contribution is 5.77. The van der Waals surface area contributed by atoms with Crippen LogP contribution in [0, 0.1) is 19.8 Å². The maximum absolute atomic E-state index is 12.9. The Balaban J connectivity index is 1.78. The van der Waals surface area contributed by atoms with E-state index in [4.69, 9.17) is 8.83 Å². The molecule has 0 aliphatic heterocycles. The molecule has 0 fully saturated rings. The third kappa shape index (κ3) is 5.03. The van der Waals surface area contributed by atoms with Crippen LogP contribution < -0.4 is 5.32 Å². The van der Waals surface area contributed by atoms with E-state index in [1.54, 1.807) is 13.8 Å². The second-order valence-electron chi connectivity index (χ2n) is 7.24. The van der Waals surface area contributed by atoms with Crippen molar-refractivity contribution in [2.45, 2.75) is 52.5 Å². The van der Waals surface area contributed by atoms with Crippen molar-refractivity contribution in [3.05, 3.63) is 59.5 Å². The molecule has 1 N–H and O–H groups in total. The van der Waals surface area contributed by atoms with E-state index in [0.29, 0.717) is 35.9 Å². The van der Waals surface area contributed by atoms with E-state index in [-0.39, 0.29) is 24.3 Å². The number of carbonyl (C=O) groups is 1. The van der Waals surface area contributed by atoms with Gasteiger partial charge in [0, 0.05) is 20.3 Å². The standard InChI is InChI=1S/C20H25N5O3/c1-12(2)10-17(20-25-23-14(4)28-20)21-18(26)11-16(15-8-6-5-7-9-15)19-24-22-13(3)27-19/h5-9,12,16-17H,10-11H2,1-4H3,(H,21,26). The summed E-state index contributed by atoms with van der Waals surface area (Å²) in [6, 6.07) is 9.33. The van der Waals surface area contributed by atoms with Crippen molar-refractivity contribution >= 4 is 5.91 Å². The van der Waals surface area contributed by atoms with Crippen molar-refractivity contribution in [2.24, 2.45) is 5.92 Å². The van der Waals surface area contributed by atoms with E-state index in [2.05, 4.69) is 39.6 Å². The Morgan fingerprint density at radius 3 is 2.11 bits per heavy atom. The number of aromatic nitrogens is 4. The summed E-state index contributed by atoms with van der Waals surface area (Å²) in [7, 11) is 0. The van der Waals surface area contributed by atoms with Crippen LogP contribution in [0.5, 0.6) is 0 Å². The summed E-state index contributed by atoms with van der Waals surface area (Å²) < 4.78 is 11.2. The molecular formula is C20H25N5O3. The number of aryl methyl sites for hydroxylation is 2. The average molecular weight is 383 g/mol. The van der Waals surface area contributed by atoms with Gasteiger partial charge in [0.15, 0.2) is 0 Å². The fourth-order valence-corrected chi connectivity index (χ4v) is 3.07. The normalized spacial score (nSPS) is 13.5. The van der Waals surface area contributed by atoms with Crippen molar-refractivity contribution in [2.75, 3.05) is 0 Å². The lowest BCUT2D eigenvalue weighted by molar-refractivity contribution is -0.122. The molecule has 3 rings (SSSR count). The Bertz CT molecular complexity index is 903. The molecule has 0 aliphatic rings. The highest BCUT2D eigenvalue weighted by Crippen LogP contribution is 2.28. The molecule has 0 spiro atoms. The molecule has 8 heteroatoms. The first-order valence-electron chi connectivity index (χ1n) is 9.36. The largest absolute Gasteiger partial charge is 0.425 e. The van der Waals surface area contributed by atoms with Gasteiger partial charge in [-0.25, -0.2) is 0 Å². The number of hydrogen-bond donors (Lipinski definition) is 1. The summed E-state index contributed by atoms with van der Waals surface area (Å²) in [4.78, 5) is 12.9. The first-order valence-corrected chi connectivity index (χ1v) is 9.36. The van der Waals surface area contributed by atoms with Crippen molar-refractivity contribution in [1.29, 1.82) is 0 Å². The van der Waals surface area contributed by atoms with E-state index in [1.807, 2.05) is 30.3 Å². The quantitative estimate of drug-likeness (QED) is 0.634. The van der Waals surface area contributed by atoms with Crippen molar-refractivity contribution in [3.63, 3.8) is 0 Å². The van der Waals surface area contributed by atoms with Crippen molar-refractivity contribution < 1.29 is 13.6 Å². The summed E-state index contributed by atoms with van der Waals surface area (Å²) in [5, 5.41) is 19.0. The molecule has 8 nitrogen and oxygen atoms in total. The molecule has 0 saturated carbocycles. The Labute approximate surface area is 163 Å². The van der Waals surface area contributed by atoms with E-state index in [1.165, 1.54) is 0 Å². The van der Waals surface area contributed by atoms with Gasteiger partial charge in [-0.15, -0.1) is 20.4 Å². The number of nitrogens with one attached hydrogen (secondary N) is 1. The van der Waals surface area contributed by atoms with Crippen LogP contribution in [0.15, 0.2) is 39.2 Å². The third-order valence-electron chi connectivity index (χ3n) is 4.31. The molecule has 0 aliphatic carbocycles. The summed E-state index contributed by atoms with van der Waals surface area (Å²) >= 11 is 0. The van der Waals surface area contributed by atoms with Crippen LogP contribution in [0.25, 0.3) is 0 Å². The molecule has 2 aromatic heterocycles. The Kier molecular flexibility index (Phi) is 6.18. The Hall–Kier alpha value is -3.03. The minimum atomic E-state index is -0.338. The van der Waals surface area contributed by atoms with Crippen LogP contribution in [-0.2, 0) is 4.79 Å². The van der Waals surface area contributed by atoms with E-state index in [0.717, 1.165) is 5.56 Å². The number of amides is 1. The van der Waals surface area contributed by atoms with E-state index in [9.17, 15) is 4.79 Å². The lowest BCUT2D eigenvalue weighted by atomic mass is 9.94. The highest BCUT2D eigenvalue weighted by atomic mass is 16.4. The monoisotopic (exact) mass is 383 g/mol. The maximum atomic E-state index is 12.9. The zero-order valence-electron chi connectivity index (χ0n) is 16.5. The van der Waals surface area contributed by atoms with Crippen molar-refractivity contribution in [1.82, 2.24) is 25.7 Å². The van der Waals surface area contributed by atoms with Crippen LogP contribution >= 0.6 is 0 Å². The predicted octanol–water partition coefficient (Wildman–Crippen LogP) is 3.50. The van der Waals surface area contributed by atoms with Gasteiger partial charge in [-0.3, -0.25) is 4.79 Å². The predicted molar refractivity (Wildman–Crippen MR) is 101 cm³/mol.